The fourth-order valence-electron chi connectivity index (χ4n) is 1.71. The van der Waals surface area contributed by atoms with Gasteiger partial charge in [-0.2, -0.15) is 0 Å². The molecule has 2 N–H and O–H groups in total. The lowest BCUT2D eigenvalue weighted by atomic mass is 10.1. The van der Waals surface area contributed by atoms with Crippen LogP contribution in [0.5, 0.6) is 0 Å². The summed E-state index contributed by atoms with van der Waals surface area (Å²) in [6.45, 7) is 2.09. The van der Waals surface area contributed by atoms with E-state index in [4.69, 9.17) is 0 Å². The summed E-state index contributed by atoms with van der Waals surface area (Å²) < 4.78 is 0. The van der Waals surface area contributed by atoms with Gasteiger partial charge in [0.2, 0.25) is 11.8 Å². The number of carbonyl (C=O) groups is 2. The summed E-state index contributed by atoms with van der Waals surface area (Å²) in [7, 11) is 0. The maximum absolute atomic E-state index is 11.3. The van der Waals surface area contributed by atoms with Gasteiger partial charge in [0.1, 0.15) is 6.04 Å². The van der Waals surface area contributed by atoms with Gasteiger partial charge in [-0.1, -0.05) is 19.1 Å². The second-order valence-electron chi connectivity index (χ2n) is 3.86. The number of aryl methyl sites for hydroxylation is 1. The van der Waals surface area contributed by atoms with Crippen molar-refractivity contribution in [2.75, 3.05) is 5.32 Å². The van der Waals surface area contributed by atoms with Gasteiger partial charge in [-0.05, 0) is 24.1 Å². The van der Waals surface area contributed by atoms with Crippen LogP contribution in [0.15, 0.2) is 24.3 Å². The molecule has 0 bridgehead atoms. The van der Waals surface area contributed by atoms with Crippen LogP contribution in [-0.2, 0) is 16.0 Å². The van der Waals surface area contributed by atoms with Crippen LogP contribution in [0.2, 0.25) is 0 Å². The van der Waals surface area contributed by atoms with E-state index >= 15 is 0 Å². The maximum Gasteiger partial charge on any atom is 0.249 e. The first-order valence-electron chi connectivity index (χ1n) is 5.38. The third kappa shape index (κ3) is 2.21. The van der Waals surface area contributed by atoms with E-state index in [1.54, 1.807) is 0 Å². The van der Waals surface area contributed by atoms with Gasteiger partial charge in [-0.25, -0.2) is 0 Å². The smallest absolute Gasteiger partial charge is 0.249 e. The zero-order valence-electron chi connectivity index (χ0n) is 9.12. The van der Waals surface area contributed by atoms with Crippen molar-refractivity contribution >= 4 is 17.5 Å². The first-order chi connectivity index (χ1) is 7.69. The van der Waals surface area contributed by atoms with Crippen molar-refractivity contribution in [3.63, 3.8) is 0 Å². The monoisotopic (exact) mass is 218 g/mol. The van der Waals surface area contributed by atoms with Gasteiger partial charge in [0.05, 0.1) is 6.42 Å². The van der Waals surface area contributed by atoms with Gasteiger partial charge in [0.25, 0.3) is 0 Å². The van der Waals surface area contributed by atoms with Crippen molar-refractivity contribution in [2.24, 2.45) is 0 Å². The molecule has 0 aromatic heterocycles. The zero-order chi connectivity index (χ0) is 11.5. The molecule has 0 spiro atoms. The SMILES string of the molecule is CCc1ccc(N[C@H]2CC(=O)NC2=O)cc1. The topological polar surface area (TPSA) is 58.2 Å². The molecule has 1 fully saturated rings. The van der Waals surface area contributed by atoms with Crippen LogP contribution in [0, 0.1) is 0 Å². The first-order valence-corrected chi connectivity index (χ1v) is 5.38. The van der Waals surface area contributed by atoms with E-state index in [0.29, 0.717) is 0 Å². The highest BCUT2D eigenvalue weighted by atomic mass is 16.2. The number of benzene rings is 1. The van der Waals surface area contributed by atoms with Crippen molar-refractivity contribution in [3.05, 3.63) is 29.8 Å². The molecule has 0 radical (unpaired) electrons. The van der Waals surface area contributed by atoms with Crippen LogP contribution in [0.4, 0.5) is 5.69 Å². The largest absolute Gasteiger partial charge is 0.373 e. The van der Waals surface area contributed by atoms with Crippen LogP contribution in [-0.4, -0.2) is 17.9 Å². The number of nitrogens with one attached hydrogen (secondary N) is 2. The van der Waals surface area contributed by atoms with Gasteiger partial charge in [-0.15, -0.1) is 0 Å². The molecule has 0 saturated carbocycles. The van der Waals surface area contributed by atoms with Crippen LogP contribution in [0.25, 0.3) is 0 Å². The van der Waals surface area contributed by atoms with Crippen molar-refractivity contribution in [3.8, 4) is 0 Å². The zero-order valence-corrected chi connectivity index (χ0v) is 9.12. The number of rotatable bonds is 3. The number of carbonyl (C=O) groups excluding carboxylic acids is 2. The Morgan fingerprint density at radius 1 is 1.31 bits per heavy atom. The third-order valence-electron chi connectivity index (χ3n) is 2.67. The van der Waals surface area contributed by atoms with Crippen molar-refractivity contribution in [1.82, 2.24) is 5.32 Å². The molecule has 4 nitrogen and oxygen atoms in total. The normalized spacial score (nSPS) is 19.7. The summed E-state index contributed by atoms with van der Waals surface area (Å²) in [5, 5.41) is 5.31. The summed E-state index contributed by atoms with van der Waals surface area (Å²) >= 11 is 0. The predicted octanol–water partition coefficient (Wildman–Crippen LogP) is 1.08. The predicted molar refractivity (Wildman–Crippen MR) is 61.0 cm³/mol. The molecule has 1 atom stereocenters. The average molecular weight is 218 g/mol. The minimum atomic E-state index is -0.431. The second-order valence-corrected chi connectivity index (χ2v) is 3.86. The Morgan fingerprint density at radius 3 is 2.50 bits per heavy atom. The molecular formula is C12H14N2O2. The molecule has 2 rings (SSSR count). The van der Waals surface area contributed by atoms with Gasteiger partial charge in [-0.3, -0.25) is 14.9 Å². The summed E-state index contributed by atoms with van der Waals surface area (Å²) in [4.78, 5) is 22.3. The van der Waals surface area contributed by atoms with E-state index in [2.05, 4.69) is 17.6 Å². The molecule has 1 saturated heterocycles. The molecule has 0 unspecified atom stereocenters. The van der Waals surface area contributed by atoms with Gasteiger partial charge < -0.3 is 5.32 Å². The van der Waals surface area contributed by atoms with Crippen molar-refractivity contribution < 1.29 is 9.59 Å². The molecule has 1 aromatic carbocycles. The molecular weight excluding hydrogens is 204 g/mol. The quantitative estimate of drug-likeness (QED) is 0.746. The highest BCUT2D eigenvalue weighted by Gasteiger charge is 2.30. The van der Waals surface area contributed by atoms with Crippen LogP contribution in [0.3, 0.4) is 0 Å². The van der Waals surface area contributed by atoms with E-state index < -0.39 is 6.04 Å². The van der Waals surface area contributed by atoms with Crippen LogP contribution < -0.4 is 10.6 Å². The number of anilines is 1. The van der Waals surface area contributed by atoms with Gasteiger partial charge >= 0.3 is 0 Å². The lowest BCUT2D eigenvalue weighted by Gasteiger charge is -2.10. The number of amides is 2. The minimum absolute atomic E-state index is 0.215. The summed E-state index contributed by atoms with van der Waals surface area (Å²) in [5.41, 5.74) is 2.12. The van der Waals surface area contributed by atoms with Crippen molar-refractivity contribution in [1.29, 1.82) is 0 Å². The van der Waals surface area contributed by atoms with Crippen molar-refractivity contribution in [2.45, 2.75) is 25.8 Å². The van der Waals surface area contributed by atoms with Gasteiger partial charge in [0.15, 0.2) is 0 Å². The summed E-state index contributed by atoms with van der Waals surface area (Å²) in [6.07, 6.45) is 1.21. The third-order valence-corrected chi connectivity index (χ3v) is 2.67. The molecule has 4 heteroatoms. The lowest BCUT2D eigenvalue weighted by Crippen LogP contribution is -2.29. The lowest BCUT2D eigenvalue weighted by molar-refractivity contribution is -0.124. The Morgan fingerprint density at radius 2 is 2.00 bits per heavy atom. The molecule has 1 aliphatic rings. The van der Waals surface area contributed by atoms with E-state index in [9.17, 15) is 9.59 Å². The molecule has 2 amide bonds. The molecule has 1 aromatic rings. The van der Waals surface area contributed by atoms with Crippen LogP contribution >= 0.6 is 0 Å². The Bertz CT molecular complexity index is 412. The van der Waals surface area contributed by atoms with Gasteiger partial charge in [0, 0.05) is 5.69 Å². The number of hydrogen-bond acceptors (Lipinski definition) is 3. The maximum atomic E-state index is 11.3. The number of imide groups is 1. The average Bonchev–Trinajstić information content (AvgIpc) is 2.59. The Hall–Kier alpha value is -1.84. The second kappa shape index (κ2) is 4.35. The Labute approximate surface area is 94.0 Å². The highest BCUT2D eigenvalue weighted by Crippen LogP contribution is 2.14. The molecule has 1 heterocycles. The highest BCUT2D eigenvalue weighted by molar-refractivity contribution is 6.06. The number of hydrogen-bond donors (Lipinski definition) is 2. The Kier molecular flexibility index (Phi) is 2.90. The van der Waals surface area contributed by atoms with E-state index in [1.807, 2.05) is 24.3 Å². The molecule has 16 heavy (non-hydrogen) atoms. The van der Waals surface area contributed by atoms with E-state index in [0.717, 1.165) is 12.1 Å². The molecule has 1 aliphatic heterocycles. The summed E-state index contributed by atoms with van der Waals surface area (Å²) in [6, 6.07) is 7.44. The van der Waals surface area contributed by atoms with E-state index in [1.165, 1.54) is 5.56 Å². The molecule has 84 valence electrons. The fraction of sp³-hybridized carbons (Fsp3) is 0.333. The van der Waals surface area contributed by atoms with Crippen LogP contribution in [0.1, 0.15) is 18.9 Å². The molecule has 0 aliphatic carbocycles. The first kappa shape index (κ1) is 10.7. The fourth-order valence-corrected chi connectivity index (χ4v) is 1.71. The van der Waals surface area contributed by atoms with E-state index in [-0.39, 0.29) is 18.2 Å². The standard InChI is InChI=1S/C12H14N2O2/c1-2-8-3-5-9(6-4-8)13-10-7-11(15)14-12(10)16/h3-6,10,13H,2,7H2,1H3,(H,14,15,16)/t10-/m0/s1. The minimum Gasteiger partial charge on any atom is -0.373 e. The Balaban J connectivity index is 2.03. The summed E-state index contributed by atoms with van der Waals surface area (Å²) in [5.74, 6) is -0.461.